The third-order valence-corrected chi connectivity index (χ3v) is 2.03. The van der Waals surface area contributed by atoms with E-state index in [-0.39, 0.29) is 0 Å². The number of hydrogen-bond donors (Lipinski definition) is 0. The van der Waals surface area contributed by atoms with Gasteiger partial charge in [-0.2, -0.15) is 109 Å². The second-order valence-corrected chi connectivity index (χ2v) is 3.84. The molecule has 0 atom stereocenters. The molecule has 4 rings (SSSR count). The van der Waals surface area contributed by atoms with E-state index in [4.69, 9.17) is 0 Å². The average molecular weight is 409 g/mol. The summed E-state index contributed by atoms with van der Waals surface area (Å²) in [4.78, 5) is 0. The van der Waals surface area contributed by atoms with E-state index < -0.39 is 0 Å². The summed E-state index contributed by atoms with van der Waals surface area (Å²) in [6.45, 7) is 0. The van der Waals surface area contributed by atoms with Gasteiger partial charge in [0.2, 0.25) is 0 Å². The van der Waals surface area contributed by atoms with Crippen LogP contribution in [0.3, 0.4) is 0 Å². The van der Waals surface area contributed by atoms with Gasteiger partial charge in [-0.05, 0) is 0 Å². The first-order valence-electron chi connectivity index (χ1n) is 6.90. The van der Waals surface area contributed by atoms with Crippen LogP contribution in [0.2, 0.25) is 0 Å². The first-order valence-corrected chi connectivity index (χ1v) is 9.34. The molecule has 3 aromatic carbocycles. The SMILES string of the molecule is [C-]1=CC1.[Ni][Br].[c-]1ccccc1.[c-]1ccccc1.[c-]1ccccc1. The molecule has 0 aromatic heterocycles. The zero-order valence-corrected chi connectivity index (χ0v) is 15.2. The van der Waals surface area contributed by atoms with E-state index in [9.17, 15) is 0 Å². The molecule has 0 nitrogen and oxygen atoms in total. The fourth-order valence-electron chi connectivity index (χ4n) is 1.03. The third kappa shape index (κ3) is 22.8. The Labute approximate surface area is 155 Å². The maximum absolute atomic E-state index is 3.69. The molecule has 0 saturated heterocycles. The number of hydrogen-bond acceptors (Lipinski definition) is 0. The van der Waals surface area contributed by atoms with Gasteiger partial charge in [-0.25, -0.2) is 6.42 Å². The minimum Gasteiger partial charge on any atom is -0.184 e. The van der Waals surface area contributed by atoms with Crippen molar-refractivity contribution < 1.29 is 13.7 Å². The van der Waals surface area contributed by atoms with Crippen molar-refractivity contribution >= 4 is 14.2 Å². The molecule has 0 amide bonds. The van der Waals surface area contributed by atoms with Crippen LogP contribution in [0.1, 0.15) is 6.42 Å². The van der Waals surface area contributed by atoms with Crippen LogP contribution in [0.25, 0.3) is 0 Å². The molecule has 0 fully saturated rings. The maximum atomic E-state index is 3.69. The molecule has 0 saturated carbocycles. The molecular formula is C21H18BrNi-4. The Balaban J connectivity index is 0.000000276. The van der Waals surface area contributed by atoms with Crippen molar-refractivity contribution in [2.45, 2.75) is 6.42 Å². The minimum atomic E-state index is 1.12. The second kappa shape index (κ2) is 20.4. The van der Waals surface area contributed by atoms with Crippen molar-refractivity contribution in [3.8, 4) is 0 Å². The molecule has 0 N–H and O–H groups in total. The van der Waals surface area contributed by atoms with E-state index in [1.807, 2.05) is 97.1 Å². The van der Waals surface area contributed by atoms with Gasteiger partial charge in [0.25, 0.3) is 0 Å². The Morgan fingerprint density at radius 2 is 0.739 bits per heavy atom. The molecule has 0 heterocycles. The summed E-state index contributed by atoms with van der Waals surface area (Å²) in [6, 6.07) is 37.5. The van der Waals surface area contributed by atoms with Gasteiger partial charge in [-0.3, -0.25) is 6.08 Å². The molecule has 123 valence electrons. The van der Waals surface area contributed by atoms with Crippen molar-refractivity contribution in [3.63, 3.8) is 0 Å². The van der Waals surface area contributed by atoms with Gasteiger partial charge < -0.3 is 6.08 Å². The summed E-state index contributed by atoms with van der Waals surface area (Å²) in [6.07, 6.45) is 6.00. The van der Waals surface area contributed by atoms with Gasteiger partial charge in [0.15, 0.2) is 0 Å². The van der Waals surface area contributed by atoms with Crippen molar-refractivity contribution in [2.75, 3.05) is 0 Å². The van der Waals surface area contributed by atoms with Crippen LogP contribution in [0.5, 0.6) is 0 Å². The Hall–Kier alpha value is -1.63. The van der Waals surface area contributed by atoms with Crippen molar-refractivity contribution in [1.82, 2.24) is 0 Å². The van der Waals surface area contributed by atoms with E-state index >= 15 is 0 Å². The second-order valence-electron chi connectivity index (χ2n) is 3.84. The molecule has 3 aromatic rings. The standard InChI is InChI=1S/3C6H5.C3H3.BrH.Ni/c3*1-2-4-6-5-3-1;1-2-3-1;;/h3*1-5H;1H,2H2;1H;/q4*-1;;+1/p-1. The largest absolute Gasteiger partial charge is 0.184 e. The van der Waals surface area contributed by atoms with Crippen LogP contribution in [0.4, 0.5) is 0 Å². The third-order valence-electron chi connectivity index (χ3n) is 2.03. The summed E-state index contributed by atoms with van der Waals surface area (Å²) >= 11 is 6.25. The normalized spacial score (nSPS) is 9.00. The zero-order valence-electron chi connectivity index (χ0n) is 12.6. The van der Waals surface area contributed by atoms with Crippen LogP contribution in [-0.2, 0) is 13.7 Å². The number of rotatable bonds is 0. The molecule has 1 aliphatic carbocycles. The zero-order chi connectivity index (χ0) is 16.8. The summed E-state index contributed by atoms with van der Waals surface area (Å²) in [7, 11) is 0. The van der Waals surface area contributed by atoms with Crippen LogP contribution < -0.4 is 0 Å². The van der Waals surface area contributed by atoms with Crippen molar-refractivity contribution in [2.24, 2.45) is 0 Å². The van der Waals surface area contributed by atoms with E-state index in [1.54, 1.807) is 0 Å². The minimum absolute atomic E-state index is 1.12. The van der Waals surface area contributed by atoms with Gasteiger partial charge in [-0.1, -0.05) is 0 Å². The van der Waals surface area contributed by atoms with Gasteiger partial charge in [0.1, 0.15) is 0 Å². The summed E-state index contributed by atoms with van der Waals surface area (Å²) in [5.74, 6) is 0. The van der Waals surface area contributed by atoms with Gasteiger partial charge in [0, 0.05) is 0 Å². The number of benzene rings is 3. The average Bonchev–Trinajstić information content (AvgIpc) is 3.58. The fraction of sp³-hybridized carbons (Fsp3) is 0.0476. The van der Waals surface area contributed by atoms with E-state index in [1.165, 1.54) is 0 Å². The fourth-order valence-corrected chi connectivity index (χ4v) is 1.03. The Kier molecular flexibility index (Phi) is 18.9. The quantitative estimate of drug-likeness (QED) is 0.313. The van der Waals surface area contributed by atoms with Gasteiger partial charge in [-0.15, -0.1) is 0 Å². The first-order chi connectivity index (χ1) is 11.5. The molecule has 0 unspecified atom stereocenters. The molecule has 23 heavy (non-hydrogen) atoms. The molecular weight excluding hydrogens is 391 g/mol. The molecule has 2 heteroatoms. The monoisotopic (exact) mass is 407 g/mol. The van der Waals surface area contributed by atoms with Gasteiger partial charge >= 0.3 is 27.9 Å². The van der Waals surface area contributed by atoms with E-state index in [2.05, 4.69) is 52.2 Å². The van der Waals surface area contributed by atoms with Crippen LogP contribution in [0.15, 0.2) is 97.1 Å². The Bertz CT molecular complexity index is 380. The van der Waals surface area contributed by atoms with Gasteiger partial charge in [0.05, 0.1) is 0 Å². The molecule has 0 spiro atoms. The first kappa shape index (κ1) is 21.4. The van der Waals surface area contributed by atoms with Crippen LogP contribution >= 0.6 is 14.2 Å². The van der Waals surface area contributed by atoms with Crippen LogP contribution in [0, 0.1) is 24.3 Å². The summed E-state index contributed by atoms with van der Waals surface area (Å²) < 4.78 is 0. The molecule has 1 aliphatic rings. The Morgan fingerprint density at radius 3 is 0.783 bits per heavy atom. The number of halogens is 1. The summed E-state index contributed by atoms with van der Waals surface area (Å²) in [5, 5.41) is 0. The molecule has 0 aliphatic heterocycles. The predicted molar refractivity (Wildman–Crippen MR) is 97.2 cm³/mol. The Morgan fingerprint density at radius 1 is 0.522 bits per heavy atom. The molecule has 0 bridgehead atoms. The van der Waals surface area contributed by atoms with Crippen molar-refractivity contribution in [1.29, 1.82) is 0 Å². The topological polar surface area (TPSA) is 0 Å². The maximum Gasteiger partial charge on any atom is -0.171 e. The summed E-state index contributed by atoms with van der Waals surface area (Å²) in [5.41, 5.74) is 0. The predicted octanol–water partition coefficient (Wildman–Crippen LogP) is 6.05. The molecule has 0 radical (unpaired) electrons. The van der Waals surface area contributed by atoms with E-state index in [0.29, 0.717) is 0 Å². The van der Waals surface area contributed by atoms with Crippen molar-refractivity contribution in [3.05, 3.63) is 121 Å². The number of allylic oxidation sites excluding steroid dienone is 2. The van der Waals surface area contributed by atoms with Crippen LogP contribution in [-0.4, -0.2) is 0 Å². The smallest absolute Gasteiger partial charge is 0.171 e. The van der Waals surface area contributed by atoms with E-state index in [0.717, 1.165) is 6.42 Å².